The molecule has 3 unspecified atom stereocenters. The van der Waals surface area contributed by atoms with E-state index in [0.29, 0.717) is 23.0 Å². The first-order chi connectivity index (χ1) is 13.7. The maximum absolute atomic E-state index is 12.8. The molecule has 0 bridgehead atoms. The highest BCUT2D eigenvalue weighted by Crippen LogP contribution is 2.65. The molecule has 29 heavy (non-hydrogen) atoms. The number of rotatable bonds is 2. The number of hydrogen-bond acceptors (Lipinski definition) is 3. The second-order valence-electron chi connectivity index (χ2n) is 12.1. The van der Waals surface area contributed by atoms with Crippen LogP contribution in [0.15, 0.2) is 10.5 Å². The summed E-state index contributed by atoms with van der Waals surface area (Å²) in [4.78, 5) is 12.8. The van der Waals surface area contributed by atoms with Crippen molar-refractivity contribution in [3.8, 4) is 0 Å². The molecule has 0 aromatic carbocycles. The fourth-order valence-corrected chi connectivity index (χ4v) is 8.36. The van der Waals surface area contributed by atoms with Gasteiger partial charge >= 0.3 is 0 Å². The molecular formula is C26H36O3. The van der Waals surface area contributed by atoms with E-state index in [2.05, 4.69) is 26.8 Å². The van der Waals surface area contributed by atoms with Gasteiger partial charge in [0.25, 0.3) is 0 Å². The van der Waals surface area contributed by atoms with Crippen molar-refractivity contribution >= 4 is 5.78 Å². The molecule has 4 fully saturated rings. The van der Waals surface area contributed by atoms with Gasteiger partial charge in [0.15, 0.2) is 5.76 Å². The van der Waals surface area contributed by atoms with Crippen LogP contribution in [0.4, 0.5) is 0 Å². The summed E-state index contributed by atoms with van der Waals surface area (Å²) in [5.74, 6) is 4.87. The summed E-state index contributed by atoms with van der Waals surface area (Å²) in [6.07, 6.45) is 11.3. The van der Waals surface area contributed by atoms with E-state index in [9.17, 15) is 9.90 Å². The third-order valence-corrected chi connectivity index (χ3v) is 10.7. The highest BCUT2D eigenvalue weighted by molar-refractivity contribution is 6.00. The monoisotopic (exact) mass is 396 g/mol. The third kappa shape index (κ3) is 2.43. The Balaban J connectivity index is 1.31. The van der Waals surface area contributed by atoms with Crippen LogP contribution in [0, 0.1) is 39.9 Å². The summed E-state index contributed by atoms with van der Waals surface area (Å²) in [6.45, 7) is 6.99. The molecule has 3 nitrogen and oxygen atoms in total. The lowest BCUT2D eigenvalue weighted by atomic mass is 9.45. The van der Waals surface area contributed by atoms with Gasteiger partial charge in [0, 0.05) is 11.8 Å². The van der Waals surface area contributed by atoms with Crippen LogP contribution in [0.25, 0.3) is 0 Å². The number of carbonyl (C=O) groups is 1. The van der Waals surface area contributed by atoms with Crippen molar-refractivity contribution in [2.45, 2.75) is 91.1 Å². The Bertz CT molecular complexity index is 863. The van der Waals surface area contributed by atoms with Gasteiger partial charge in [-0.25, -0.2) is 0 Å². The number of aliphatic hydroxyl groups is 1. The maximum atomic E-state index is 12.8. The van der Waals surface area contributed by atoms with Crippen molar-refractivity contribution < 1.29 is 14.3 Å². The van der Waals surface area contributed by atoms with E-state index in [0.717, 1.165) is 49.7 Å². The molecular weight excluding hydrogens is 360 g/mol. The van der Waals surface area contributed by atoms with Crippen molar-refractivity contribution in [2.24, 2.45) is 39.9 Å². The molecule has 0 amide bonds. The fraction of sp³-hybridized carbons (Fsp3) is 0.808. The third-order valence-electron chi connectivity index (χ3n) is 10.7. The van der Waals surface area contributed by atoms with Crippen LogP contribution in [0.5, 0.6) is 0 Å². The molecule has 158 valence electrons. The van der Waals surface area contributed by atoms with Crippen LogP contribution >= 0.6 is 0 Å². The topological polar surface area (TPSA) is 50.4 Å². The average Bonchev–Trinajstić information content (AvgIpc) is 3.19. The van der Waals surface area contributed by atoms with Crippen molar-refractivity contribution in [1.29, 1.82) is 0 Å². The molecule has 0 saturated heterocycles. The molecule has 7 atom stereocenters. The van der Waals surface area contributed by atoms with E-state index in [1.165, 1.54) is 37.7 Å². The number of fused-ring (bicyclic) bond motifs is 6. The second kappa shape index (κ2) is 5.78. The van der Waals surface area contributed by atoms with Gasteiger partial charge in [-0.05, 0) is 104 Å². The van der Waals surface area contributed by atoms with Gasteiger partial charge in [-0.3, -0.25) is 4.79 Å². The minimum atomic E-state index is -0.153. The lowest BCUT2D eigenvalue weighted by Crippen LogP contribution is -2.54. The summed E-state index contributed by atoms with van der Waals surface area (Å²) in [5, 5.41) is 10.7. The van der Waals surface area contributed by atoms with Gasteiger partial charge in [-0.2, -0.15) is 0 Å². The van der Waals surface area contributed by atoms with Crippen LogP contribution < -0.4 is 0 Å². The highest BCUT2D eigenvalue weighted by atomic mass is 16.3. The lowest BCUT2D eigenvalue weighted by molar-refractivity contribution is -0.112. The van der Waals surface area contributed by atoms with E-state index >= 15 is 0 Å². The Hall–Kier alpha value is -1.09. The Kier molecular flexibility index (Phi) is 3.72. The average molecular weight is 397 g/mol. The number of carbonyl (C=O) groups excluding carboxylic acids is 1. The SMILES string of the molecule is CC1(C(=O)c2cc3c(o2)C[C@@H]2CCC4C5CC[C@H](O)[C@@]5(C)CCC4[C@@]2(C)C3)CC1. The standard InChI is InChI=1S/C26H36O3/c1-24(10-11-24)23(28)21-12-15-14-26(3)16(13-20(15)29-21)4-5-17-18-6-7-22(27)25(18,2)9-8-19(17)26/h12,16-19,22,27H,4-11,13-14H2,1-3H3/t16-,17?,18?,19?,22-,25-,26-/m0/s1. The molecule has 5 aliphatic carbocycles. The lowest BCUT2D eigenvalue weighted by Gasteiger charge is -2.59. The largest absolute Gasteiger partial charge is 0.458 e. The Labute approximate surface area is 174 Å². The van der Waals surface area contributed by atoms with Gasteiger partial charge in [-0.15, -0.1) is 0 Å². The number of hydrogen-bond donors (Lipinski definition) is 1. The number of ketones is 1. The first kappa shape index (κ1) is 18.7. The van der Waals surface area contributed by atoms with Gasteiger partial charge in [-0.1, -0.05) is 20.8 Å². The normalized spacial score (nSPS) is 47.0. The van der Waals surface area contributed by atoms with E-state index in [4.69, 9.17) is 4.42 Å². The minimum absolute atomic E-state index is 0.0943. The maximum Gasteiger partial charge on any atom is 0.203 e. The summed E-state index contributed by atoms with van der Waals surface area (Å²) in [7, 11) is 0. The Morgan fingerprint density at radius 3 is 2.52 bits per heavy atom. The molecule has 1 aromatic heterocycles. The van der Waals surface area contributed by atoms with Crippen molar-refractivity contribution in [1.82, 2.24) is 0 Å². The predicted octanol–water partition coefficient (Wildman–Crippen LogP) is 5.58. The van der Waals surface area contributed by atoms with Crippen LogP contribution in [0.1, 0.15) is 94.0 Å². The van der Waals surface area contributed by atoms with Crippen molar-refractivity contribution in [3.63, 3.8) is 0 Å². The second-order valence-corrected chi connectivity index (χ2v) is 12.1. The molecule has 0 radical (unpaired) electrons. The highest BCUT2D eigenvalue weighted by Gasteiger charge is 2.60. The first-order valence-corrected chi connectivity index (χ1v) is 12.1. The molecule has 1 heterocycles. The number of furan rings is 1. The smallest absolute Gasteiger partial charge is 0.203 e. The molecule has 0 spiro atoms. The number of aliphatic hydroxyl groups excluding tert-OH is 1. The number of Topliss-reactive ketones (excluding diaryl/α,β-unsaturated/α-hetero) is 1. The summed E-state index contributed by atoms with van der Waals surface area (Å²) in [6, 6.07) is 2.11. The van der Waals surface area contributed by atoms with Crippen LogP contribution in [0.3, 0.4) is 0 Å². The first-order valence-electron chi connectivity index (χ1n) is 12.1. The molecule has 5 aliphatic rings. The summed E-state index contributed by atoms with van der Waals surface area (Å²) < 4.78 is 6.18. The zero-order valence-corrected chi connectivity index (χ0v) is 18.3. The zero-order valence-electron chi connectivity index (χ0n) is 18.3. The van der Waals surface area contributed by atoms with Gasteiger partial charge in [0.1, 0.15) is 5.76 Å². The molecule has 0 aliphatic heterocycles. The molecule has 4 saturated carbocycles. The van der Waals surface area contributed by atoms with Gasteiger partial charge < -0.3 is 9.52 Å². The molecule has 6 rings (SSSR count). The summed E-state index contributed by atoms with van der Waals surface area (Å²) >= 11 is 0. The van der Waals surface area contributed by atoms with E-state index in [1.54, 1.807) is 0 Å². The summed E-state index contributed by atoms with van der Waals surface area (Å²) in [5.41, 5.74) is 1.63. The van der Waals surface area contributed by atoms with E-state index < -0.39 is 0 Å². The molecule has 3 heteroatoms. The fourth-order valence-electron chi connectivity index (χ4n) is 8.36. The molecule has 1 N–H and O–H groups in total. The predicted molar refractivity (Wildman–Crippen MR) is 112 cm³/mol. The Morgan fingerprint density at radius 2 is 1.76 bits per heavy atom. The molecule has 1 aromatic rings. The Morgan fingerprint density at radius 1 is 1.00 bits per heavy atom. The van der Waals surface area contributed by atoms with E-state index in [1.807, 2.05) is 0 Å². The minimum Gasteiger partial charge on any atom is -0.458 e. The van der Waals surface area contributed by atoms with Crippen molar-refractivity contribution in [3.05, 3.63) is 23.2 Å². The quantitative estimate of drug-likeness (QED) is 0.664. The van der Waals surface area contributed by atoms with Crippen LogP contribution in [0.2, 0.25) is 0 Å². The van der Waals surface area contributed by atoms with Crippen LogP contribution in [-0.2, 0) is 12.8 Å². The van der Waals surface area contributed by atoms with Crippen molar-refractivity contribution in [2.75, 3.05) is 0 Å². The van der Waals surface area contributed by atoms with E-state index in [-0.39, 0.29) is 22.7 Å². The van der Waals surface area contributed by atoms with Gasteiger partial charge in [0.2, 0.25) is 5.78 Å². The van der Waals surface area contributed by atoms with Gasteiger partial charge in [0.05, 0.1) is 6.10 Å². The van der Waals surface area contributed by atoms with Crippen LogP contribution in [-0.4, -0.2) is 17.0 Å². The zero-order chi connectivity index (χ0) is 20.2.